The van der Waals surface area contributed by atoms with Gasteiger partial charge in [-0.25, -0.2) is 0 Å². The number of carbonyl (C=O) groups is 1. The molecule has 20 heavy (non-hydrogen) atoms. The highest BCUT2D eigenvalue weighted by Crippen LogP contribution is 2.26. The van der Waals surface area contributed by atoms with Gasteiger partial charge in [0.25, 0.3) is 0 Å². The van der Waals surface area contributed by atoms with Gasteiger partial charge in [-0.3, -0.25) is 4.79 Å². The lowest BCUT2D eigenvalue weighted by Crippen LogP contribution is -2.28. The Morgan fingerprint density at radius 1 is 1.40 bits per heavy atom. The fourth-order valence-corrected chi connectivity index (χ4v) is 2.34. The Bertz CT molecular complexity index is 460. The lowest BCUT2D eigenvalue weighted by Gasteiger charge is -2.17. The minimum atomic E-state index is 0.0353. The molecule has 0 saturated carbocycles. The minimum Gasteiger partial charge on any atom is -0.491 e. The maximum absolute atomic E-state index is 12.3. The van der Waals surface area contributed by atoms with E-state index < -0.39 is 0 Å². The van der Waals surface area contributed by atoms with Gasteiger partial charge in [-0.15, -0.1) is 0 Å². The number of hydrogen-bond acceptors (Lipinski definition) is 3. The molecule has 0 spiro atoms. The van der Waals surface area contributed by atoms with Gasteiger partial charge in [-0.1, -0.05) is 32.9 Å². The molecule has 1 aliphatic rings. The molecule has 0 radical (unpaired) electrons. The van der Waals surface area contributed by atoms with Crippen molar-refractivity contribution in [2.24, 2.45) is 17.8 Å². The summed E-state index contributed by atoms with van der Waals surface area (Å²) in [5, 5.41) is 6.25. The van der Waals surface area contributed by atoms with E-state index in [-0.39, 0.29) is 11.8 Å². The van der Waals surface area contributed by atoms with Crippen molar-refractivity contribution in [3.8, 4) is 5.75 Å². The first-order valence-corrected chi connectivity index (χ1v) is 7.31. The number of ether oxygens (including phenoxy) is 1. The molecule has 1 saturated heterocycles. The maximum Gasteiger partial charge on any atom is 0.229 e. The summed E-state index contributed by atoms with van der Waals surface area (Å²) in [7, 11) is 0. The number of anilines is 1. The molecule has 2 rings (SSSR count). The predicted octanol–water partition coefficient (Wildman–Crippen LogP) is 2.52. The smallest absolute Gasteiger partial charge is 0.229 e. The van der Waals surface area contributed by atoms with E-state index in [1.54, 1.807) is 0 Å². The Kier molecular flexibility index (Phi) is 5.01. The van der Waals surface area contributed by atoms with Crippen molar-refractivity contribution < 1.29 is 9.53 Å². The summed E-state index contributed by atoms with van der Waals surface area (Å²) in [6, 6.07) is 7.62. The van der Waals surface area contributed by atoms with Crippen LogP contribution in [-0.2, 0) is 4.79 Å². The minimum absolute atomic E-state index is 0.0353. The van der Waals surface area contributed by atoms with Gasteiger partial charge < -0.3 is 15.4 Å². The van der Waals surface area contributed by atoms with Crippen LogP contribution in [0.5, 0.6) is 5.75 Å². The first-order valence-electron chi connectivity index (χ1n) is 7.31. The van der Waals surface area contributed by atoms with Gasteiger partial charge in [0.2, 0.25) is 5.91 Å². The molecule has 1 aliphatic heterocycles. The first kappa shape index (κ1) is 14.9. The summed E-state index contributed by atoms with van der Waals surface area (Å²) >= 11 is 0. The van der Waals surface area contributed by atoms with E-state index in [9.17, 15) is 4.79 Å². The number of amides is 1. The summed E-state index contributed by atoms with van der Waals surface area (Å²) in [5.74, 6) is 1.68. The number of hydrogen-bond donors (Lipinski definition) is 2. The maximum atomic E-state index is 12.3. The van der Waals surface area contributed by atoms with Crippen LogP contribution in [0.4, 0.5) is 5.69 Å². The van der Waals surface area contributed by atoms with Gasteiger partial charge in [-0.05, 0) is 30.5 Å². The van der Waals surface area contributed by atoms with Crippen molar-refractivity contribution in [2.45, 2.75) is 20.8 Å². The van der Waals surface area contributed by atoms with Gasteiger partial charge in [0.1, 0.15) is 5.75 Å². The number of para-hydroxylation sites is 2. The molecule has 110 valence electrons. The zero-order chi connectivity index (χ0) is 14.5. The molecule has 1 amide bonds. The molecular formula is C16H24N2O2. The molecule has 0 bridgehead atoms. The SMILES string of the molecule is CC(C)COc1ccccc1NC(=O)[C@@H]1CNC[C@H]1C. The van der Waals surface area contributed by atoms with E-state index in [0.717, 1.165) is 24.5 Å². The van der Waals surface area contributed by atoms with Gasteiger partial charge in [0.05, 0.1) is 18.2 Å². The highest BCUT2D eigenvalue weighted by atomic mass is 16.5. The fraction of sp³-hybridized carbons (Fsp3) is 0.562. The number of carbonyl (C=O) groups excluding carboxylic acids is 1. The first-order chi connectivity index (χ1) is 9.58. The van der Waals surface area contributed by atoms with Crippen LogP contribution in [0, 0.1) is 17.8 Å². The second kappa shape index (κ2) is 6.75. The van der Waals surface area contributed by atoms with Gasteiger partial charge in [0.15, 0.2) is 0 Å². The van der Waals surface area contributed by atoms with Crippen molar-refractivity contribution in [1.29, 1.82) is 0 Å². The molecule has 1 aromatic carbocycles. The van der Waals surface area contributed by atoms with Crippen molar-refractivity contribution in [3.63, 3.8) is 0 Å². The van der Waals surface area contributed by atoms with Crippen LogP contribution in [0.1, 0.15) is 20.8 Å². The third kappa shape index (κ3) is 3.73. The van der Waals surface area contributed by atoms with Crippen LogP contribution in [0.15, 0.2) is 24.3 Å². The van der Waals surface area contributed by atoms with E-state index in [0.29, 0.717) is 18.4 Å². The molecule has 4 heteroatoms. The van der Waals surface area contributed by atoms with Crippen LogP contribution in [-0.4, -0.2) is 25.6 Å². The van der Waals surface area contributed by atoms with Gasteiger partial charge in [-0.2, -0.15) is 0 Å². The van der Waals surface area contributed by atoms with Crippen molar-refractivity contribution in [2.75, 3.05) is 25.0 Å². The molecule has 0 aliphatic carbocycles. The second-order valence-corrected chi connectivity index (χ2v) is 5.93. The van der Waals surface area contributed by atoms with Crippen molar-refractivity contribution in [1.82, 2.24) is 5.32 Å². The summed E-state index contributed by atoms with van der Waals surface area (Å²) in [6.07, 6.45) is 0. The molecule has 1 aromatic rings. The average Bonchev–Trinajstić information content (AvgIpc) is 2.84. The Morgan fingerprint density at radius 2 is 2.15 bits per heavy atom. The molecule has 0 aromatic heterocycles. The molecule has 0 unspecified atom stereocenters. The normalized spacial score (nSPS) is 22.0. The molecule has 1 heterocycles. The third-order valence-electron chi connectivity index (χ3n) is 3.57. The quantitative estimate of drug-likeness (QED) is 0.869. The molecule has 4 nitrogen and oxygen atoms in total. The van der Waals surface area contributed by atoms with E-state index >= 15 is 0 Å². The Balaban J connectivity index is 2.03. The largest absolute Gasteiger partial charge is 0.491 e. The van der Waals surface area contributed by atoms with Crippen molar-refractivity contribution >= 4 is 11.6 Å². The summed E-state index contributed by atoms with van der Waals surface area (Å²) < 4.78 is 5.76. The van der Waals surface area contributed by atoms with E-state index in [2.05, 4.69) is 31.4 Å². The van der Waals surface area contributed by atoms with E-state index in [1.807, 2.05) is 24.3 Å². The molecular weight excluding hydrogens is 252 g/mol. The van der Waals surface area contributed by atoms with Crippen molar-refractivity contribution in [3.05, 3.63) is 24.3 Å². The fourth-order valence-electron chi connectivity index (χ4n) is 2.34. The topological polar surface area (TPSA) is 50.4 Å². The molecule has 2 N–H and O–H groups in total. The standard InChI is InChI=1S/C16H24N2O2/c1-11(2)10-20-15-7-5-4-6-14(15)18-16(19)13-9-17-8-12(13)3/h4-7,11-13,17H,8-10H2,1-3H3,(H,18,19)/t12-,13-/m1/s1. The van der Waals surface area contributed by atoms with Crippen LogP contribution in [0.3, 0.4) is 0 Å². The van der Waals surface area contributed by atoms with Crippen LogP contribution >= 0.6 is 0 Å². The molecule has 1 fully saturated rings. The van der Waals surface area contributed by atoms with E-state index in [4.69, 9.17) is 4.74 Å². The second-order valence-electron chi connectivity index (χ2n) is 5.93. The number of benzene rings is 1. The van der Waals surface area contributed by atoms with Crippen LogP contribution < -0.4 is 15.4 Å². The Labute approximate surface area is 120 Å². The zero-order valence-corrected chi connectivity index (χ0v) is 12.5. The molecule has 2 atom stereocenters. The highest BCUT2D eigenvalue weighted by molar-refractivity contribution is 5.94. The Morgan fingerprint density at radius 3 is 2.80 bits per heavy atom. The van der Waals surface area contributed by atoms with Gasteiger partial charge in [0, 0.05) is 6.54 Å². The van der Waals surface area contributed by atoms with Crippen LogP contribution in [0.2, 0.25) is 0 Å². The van der Waals surface area contributed by atoms with Gasteiger partial charge >= 0.3 is 0 Å². The Hall–Kier alpha value is -1.55. The monoisotopic (exact) mass is 276 g/mol. The van der Waals surface area contributed by atoms with E-state index in [1.165, 1.54) is 0 Å². The highest BCUT2D eigenvalue weighted by Gasteiger charge is 2.29. The van der Waals surface area contributed by atoms with Crippen LogP contribution in [0.25, 0.3) is 0 Å². The summed E-state index contributed by atoms with van der Waals surface area (Å²) in [4.78, 5) is 12.3. The lowest BCUT2D eigenvalue weighted by atomic mass is 9.97. The average molecular weight is 276 g/mol. The number of rotatable bonds is 5. The predicted molar refractivity (Wildman–Crippen MR) is 80.9 cm³/mol. The zero-order valence-electron chi connectivity index (χ0n) is 12.5. The lowest BCUT2D eigenvalue weighted by molar-refractivity contribution is -0.120. The number of nitrogens with one attached hydrogen (secondary N) is 2. The summed E-state index contributed by atoms with van der Waals surface area (Å²) in [5.41, 5.74) is 0.761. The third-order valence-corrected chi connectivity index (χ3v) is 3.57. The summed E-state index contributed by atoms with van der Waals surface area (Å²) in [6.45, 7) is 8.62.